The second-order valence-electron chi connectivity index (χ2n) is 6.35. The smallest absolute Gasteiger partial charge is 0.335 e. The summed E-state index contributed by atoms with van der Waals surface area (Å²) in [6.45, 7) is 1.37. The summed E-state index contributed by atoms with van der Waals surface area (Å²) in [4.78, 5) is 37.2. The molecule has 2 aliphatic heterocycles. The average Bonchev–Trinajstić information content (AvgIpc) is 3.09. The number of carboxylic acids is 1. The number of anilines is 2. The van der Waals surface area contributed by atoms with Crippen molar-refractivity contribution in [3.8, 4) is 0 Å². The van der Waals surface area contributed by atoms with Crippen LogP contribution in [0.1, 0.15) is 33.6 Å². The molecule has 3 heterocycles. The zero-order chi connectivity index (χ0) is 18.3. The normalized spacial score (nSPS) is 19.1. The van der Waals surface area contributed by atoms with Gasteiger partial charge in [-0.1, -0.05) is 17.8 Å². The predicted molar refractivity (Wildman–Crippen MR) is 99.3 cm³/mol. The molecule has 0 spiro atoms. The number of carboxylic acid groups (broad SMARTS) is 1. The Morgan fingerprint density at radius 3 is 3.00 bits per heavy atom. The molecule has 1 N–H and O–H groups in total. The van der Waals surface area contributed by atoms with Gasteiger partial charge in [0.05, 0.1) is 5.56 Å². The van der Waals surface area contributed by atoms with Crippen molar-refractivity contribution in [2.75, 3.05) is 29.1 Å². The van der Waals surface area contributed by atoms with Crippen LogP contribution in [-0.2, 0) is 0 Å². The maximum Gasteiger partial charge on any atom is 0.335 e. The van der Waals surface area contributed by atoms with Crippen LogP contribution in [-0.4, -0.2) is 52.3 Å². The number of hydrogen-bond donors (Lipinski definition) is 1. The highest BCUT2D eigenvalue weighted by Crippen LogP contribution is 2.34. The molecule has 7 nitrogen and oxygen atoms in total. The van der Waals surface area contributed by atoms with Crippen LogP contribution in [0, 0.1) is 0 Å². The molecule has 1 atom stereocenters. The van der Waals surface area contributed by atoms with Crippen molar-refractivity contribution in [1.29, 1.82) is 0 Å². The lowest BCUT2D eigenvalue weighted by atomic mass is 10.1. The molecule has 2 aromatic rings. The van der Waals surface area contributed by atoms with Crippen molar-refractivity contribution in [2.45, 2.75) is 24.0 Å². The van der Waals surface area contributed by atoms with Gasteiger partial charge in [0.2, 0.25) is 0 Å². The van der Waals surface area contributed by atoms with Crippen LogP contribution in [0.15, 0.2) is 35.6 Å². The van der Waals surface area contributed by atoms with Gasteiger partial charge in [-0.25, -0.2) is 14.8 Å². The number of amides is 1. The highest BCUT2D eigenvalue weighted by molar-refractivity contribution is 7.98. The van der Waals surface area contributed by atoms with Crippen LogP contribution in [0.4, 0.5) is 11.5 Å². The summed E-state index contributed by atoms with van der Waals surface area (Å²) in [6, 6.07) is 6.67. The summed E-state index contributed by atoms with van der Waals surface area (Å²) in [6.07, 6.45) is 5.51. The number of aromatic carboxylic acids is 1. The second-order valence-corrected chi connectivity index (χ2v) is 7.13. The lowest BCUT2D eigenvalue weighted by molar-refractivity contribution is 0.0696. The van der Waals surface area contributed by atoms with E-state index in [2.05, 4.69) is 14.9 Å². The van der Waals surface area contributed by atoms with Gasteiger partial charge >= 0.3 is 5.97 Å². The molecule has 1 aromatic heterocycles. The number of benzene rings is 1. The van der Waals surface area contributed by atoms with E-state index in [1.54, 1.807) is 29.3 Å². The monoisotopic (exact) mass is 370 g/mol. The first-order chi connectivity index (χ1) is 12.6. The molecule has 1 fully saturated rings. The summed E-state index contributed by atoms with van der Waals surface area (Å²) in [5.74, 6) is -0.511. The molecule has 0 aliphatic carbocycles. The molecule has 0 radical (unpaired) electrons. The van der Waals surface area contributed by atoms with E-state index >= 15 is 0 Å². The van der Waals surface area contributed by atoms with E-state index in [1.807, 2.05) is 6.26 Å². The summed E-state index contributed by atoms with van der Waals surface area (Å²) < 4.78 is 0. The average molecular weight is 370 g/mol. The largest absolute Gasteiger partial charge is 0.478 e. The summed E-state index contributed by atoms with van der Waals surface area (Å²) >= 11 is 1.45. The summed E-state index contributed by atoms with van der Waals surface area (Å²) in [7, 11) is 0. The van der Waals surface area contributed by atoms with Crippen molar-refractivity contribution in [3.05, 3.63) is 41.6 Å². The lowest BCUT2D eigenvalue weighted by Gasteiger charge is -2.27. The number of nitrogens with zero attached hydrogens (tertiary/aromatic N) is 4. The number of thioether (sulfide) groups is 1. The molecule has 1 amide bonds. The third kappa shape index (κ3) is 2.80. The quantitative estimate of drug-likeness (QED) is 0.656. The minimum absolute atomic E-state index is 0.164. The van der Waals surface area contributed by atoms with Gasteiger partial charge in [-0.15, -0.1) is 0 Å². The Morgan fingerprint density at radius 2 is 2.23 bits per heavy atom. The van der Waals surface area contributed by atoms with Gasteiger partial charge in [0, 0.05) is 31.0 Å². The third-order valence-corrected chi connectivity index (χ3v) is 5.41. The van der Waals surface area contributed by atoms with E-state index in [9.17, 15) is 14.7 Å². The minimum atomic E-state index is -1.01. The number of aromatic nitrogens is 2. The molecule has 26 heavy (non-hydrogen) atoms. The molecule has 8 heteroatoms. The molecule has 4 rings (SSSR count). The Bertz CT molecular complexity index is 888. The number of carbonyl (C=O) groups is 2. The Kier molecular flexibility index (Phi) is 4.28. The molecule has 1 saturated heterocycles. The maximum atomic E-state index is 13.2. The number of hydrogen-bond acceptors (Lipinski definition) is 6. The fourth-order valence-electron chi connectivity index (χ4n) is 3.60. The maximum absolute atomic E-state index is 13.2. The van der Waals surface area contributed by atoms with Crippen LogP contribution in [0.2, 0.25) is 0 Å². The first kappa shape index (κ1) is 16.8. The van der Waals surface area contributed by atoms with Crippen molar-refractivity contribution >= 4 is 35.1 Å². The molecule has 2 aliphatic rings. The van der Waals surface area contributed by atoms with Crippen molar-refractivity contribution < 1.29 is 14.7 Å². The topological polar surface area (TPSA) is 86.6 Å². The van der Waals surface area contributed by atoms with Gasteiger partial charge in [-0.05, 0) is 37.3 Å². The minimum Gasteiger partial charge on any atom is -0.478 e. The Morgan fingerprint density at radius 1 is 1.38 bits per heavy atom. The van der Waals surface area contributed by atoms with E-state index in [-0.39, 0.29) is 17.5 Å². The van der Waals surface area contributed by atoms with Crippen LogP contribution < -0.4 is 9.80 Å². The molecule has 0 bridgehead atoms. The summed E-state index contributed by atoms with van der Waals surface area (Å²) in [5.41, 5.74) is 1.22. The Balaban J connectivity index is 1.81. The van der Waals surface area contributed by atoms with Gasteiger partial charge in [-0.2, -0.15) is 0 Å². The molecular formula is C18H18N4O3S. The van der Waals surface area contributed by atoms with Crippen LogP contribution in [0.25, 0.3) is 0 Å². The fourth-order valence-corrected chi connectivity index (χ4v) is 3.93. The fraction of sp³-hybridized carbons (Fsp3) is 0.333. The van der Waals surface area contributed by atoms with Crippen LogP contribution in [0.3, 0.4) is 0 Å². The zero-order valence-electron chi connectivity index (χ0n) is 14.3. The number of fused-ring (bicyclic) bond motifs is 3. The van der Waals surface area contributed by atoms with Gasteiger partial charge in [-0.3, -0.25) is 4.79 Å². The molecule has 1 unspecified atom stereocenters. The highest BCUT2D eigenvalue weighted by atomic mass is 32.2. The molecule has 0 saturated carbocycles. The lowest BCUT2D eigenvalue weighted by Crippen LogP contribution is -2.39. The number of carbonyl (C=O) groups excluding carboxylic acids is 1. The standard InChI is InChI=1S/C18H18N4O3S/c1-26-18-19-9-14-15(20-18)21-7-3-6-13(21)10-22(16(14)23)12-5-2-4-11(8-12)17(24)25/h2,4-5,8-9,13H,3,6-7,10H2,1H3,(H,24,25). The van der Waals surface area contributed by atoms with Crippen molar-refractivity contribution in [1.82, 2.24) is 9.97 Å². The van der Waals surface area contributed by atoms with E-state index in [0.717, 1.165) is 19.4 Å². The van der Waals surface area contributed by atoms with E-state index in [4.69, 9.17) is 0 Å². The van der Waals surface area contributed by atoms with E-state index in [1.165, 1.54) is 17.8 Å². The zero-order valence-corrected chi connectivity index (χ0v) is 15.1. The second kappa shape index (κ2) is 6.60. The molecular weight excluding hydrogens is 352 g/mol. The van der Waals surface area contributed by atoms with Crippen LogP contribution in [0.5, 0.6) is 0 Å². The first-order valence-electron chi connectivity index (χ1n) is 8.41. The summed E-state index contributed by atoms with van der Waals surface area (Å²) in [5, 5.41) is 9.90. The van der Waals surface area contributed by atoms with Gasteiger partial charge in [0.15, 0.2) is 5.16 Å². The van der Waals surface area contributed by atoms with Crippen molar-refractivity contribution in [2.24, 2.45) is 0 Å². The third-order valence-electron chi connectivity index (χ3n) is 4.85. The Labute approximate surface area is 155 Å². The van der Waals surface area contributed by atoms with E-state index < -0.39 is 5.97 Å². The number of rotatable bonds is 3. The van der Waals surface area contributed by atoms with E-state index in [0.29, 0.717) is 28.8 Å². The Hall–Kier alpha value is -2.61. The van der Waals surface area contributed by atoms with Gasteiger partial charge in [0.1, 0.15) is 11.4 Å². The highest BCUT2D eigenvalue weighted by Gasteiger charge is 2.37. The van der Waals surface area contributed by atoms with Crippen LogP contribution >= 0.6 is 11.8 Å². The van der Waals surface area contributed by atoms with Gasteiger partial charge < -0.3 is 14.9 Å². The predicted octanol–water partition coefficient (Wildman–Crippen LogP) is 2.53. The SMILES string of the molecule is CSc1ncc2c(n1)N1CCCC1CN(c1cccc(C(=O)O)c1)C2=O. The molecule has 134 valence electrons. The van der Waals surface area contributed by atoms with Gasteiger partial charge in [0.25, 0.3) is 5.91 Å². The van der Waals surface area contributed by atoms with Crippen molar-refractivity contribution in [3.63, 3.8) is 0 Å². The molecule has 1 aromatic carbocycles. The first-order valence-corrected chi connectivity index (χ1v) is 9.64.